The number of halogens is 2. The maximum atomic E-state index is 15.2. The quantitative estimate of drug-likeness (QED) is 0.697. The predicted molar refractivity (Wildman–Crippen MR) is 104 cm³/mol. The van der Waals surface area contributed by atoms with Gasteiger partial charge in [0, 0.05) is 31.1 Å². The molecule has 0 radical (unpaired) electrons. The summed E-state index contributed by atoms with van der Waals surface area (Å²) in [6, 6.07) is 4.62. The molecule has 30 heavy (non-hydrogen) atoms. The summed E-state index contributed by atoms with van der Waals surface area (Å²) in [5, 5.41) is 10.3. The Morgan fingerprint density at radius 3 is 2.90 bits per heavy atom. The van der Waals surface area contributed by atoms with Gasteiger partial charge < -0.3 is 20.5 Å². The minimum Gasteiger partial charge on any atom is -0.489 e. The maximum Gasteiger partial charge on any atom is 0.277 e. The first-order valence-corrected chi connectivity index (χ1v) is 9.83. The molecule has 3 heterocycles. The van der Waals surface area contributed by atoms with Crippen LogP contribution in [0.1, 0.15) is 26.7 Å². The van der Waals surface area contributed by atoms with E-state index in [0.717, 1.165) is 0 Å². The fourth-order valence-corrected chi connectivity index (χ4v) is 4.31. The molecule has 1 aromatic carbocycles. The number of fused-ring (bicyclic) bond motifs is 3. The van der Waals surface area contributed by atoms with E-state index in [4.69, 9.17) is 10.5 Å². The van der Waals surface area contributed by atoms with Gasteiger partial charge in [0.2, 0.25) is 11.3 Å². The summed E-state index contributed by atoms with van der Waals surface area (Å²) in [4.78, 5) is 29.1. The minimum atomic E-state index is -2.47. The third kappa shape index (κ3) is 3.20. The SMILES string of the molecule is CN1CC[C@@](O)(C#Cc2ccc3c(c2)-c2nc(C(N)=O)sc2C(F)(CF)CO3)C1=O. The van der Waals surface area contributed by atoms with Crippen LogP contribution < -0.4 is 10.5 Å². The average Bonchev–Trinajstić information content (AvgIpc) is 3.26. The van der Waals surface area contributed by atoms with E-state index in [0.29, 0.717) is 29.0 Å². The second-order valence-corrected chi connectivity index (χ2v) is 8.25. The number of carbonyl (C=O) groups excluding carboxylic acids is 2. The highest BCUT2D eigenvalue weighted by Crippen LogP contribution is 2.45. The first kappa shape index (κ1) is 20.3. The van der Waals surface area contributed by atoms with Gasteiger partial charge in [0.15, 0.2) is 5.01 Å². The van der Waals surface area contributed by atoms with Gasteiger partial charge in [-0.2, -0.15) is 0 Å². The van der Waals surface area contributed by atoms with Gasteiger partial charge in [0.1, 0.15) is 19.0 Å². The number of nitrogens with two attached hydrogens (primary N) is 1. The van der Waals surface area contributed by atoms with Crippen molar-refractivity contribution in [2.24, 2.45) is 5.73 Å². The van der Waals surface area contributed by atoms with Gasteiger partial charge in [0.05, 0.1) is 10.6 Å². The Morgan fingerprint density at radius 1 is 1.50 bits per heavy atom. The van der Waals surface area contributed by atoms with Crippen LogP contribution in [0.3, 0.4) is 0 Å². The molecule has 0 spiro atoms. The number of aliphatic hydroxyl groups is 1. The lowest BCUT2D eigenvalue weighted by atomic mass is 10.00. The van der Waals surface area contributed by atoms with E-state index in [2.05, 4.69) is 16.8 Å². The van der Waals surface area contributed by atoms with E-state index >= 15 is 4.39 Å². The van der Waals surface area contributed by atoms with Crippen LogP contribution in [-0.4, -0.2) is 59.3 Å². The fraction of sp³-hybridized carbons (Fsp3) is 0.350. The average molecular weight is 433 g/mol. The number of rotatable bonds is 2. The lowest BCUT2D eigenvalue weighted by molar-refractivity contribution is -0.137. The van der Waals surface area contributed by atoms with Gasteiger partial charge >= 0.3 is 0 Å². The van der Waals surface area contributed by atoms with Crippen molar-refractivity contribution in [3.8, 4) is 28.8 Å². The Hall–Kier alpha value is -3.03. The largest absolute Gasteiger partial charge is 0.489 e. The molecular weight excluding hydrogens is 416 g/mol. The number of likely N-dealkylation sites (tertiary alicyclic amines) is 1. The Morgan fingerprint density at radius 2 is 2.27 bits per heavy atom. The van der Waals surface area contributed by atoms with Crippen molar-refractivity contribution in [2.75, 3.05) is 26.9 Å². The fourth-order valence-electron chi connectivity index (χ4n) is 3.33. The summed E-state index contributed by atoms with van der Waals surface area (Å²) in [5.74, 6) is 4.27. The van der Waals surface area contributed by atoms with Gasteiger partial charge in [-0.3, -0.25) is 9.59 Å². The smallest absolute Gasteiger partial charge is 0.277 e. The van der Waals surface area contributed by atoms with Crippen molar-refractivity contribution in [3.05, 3.63) is 33.6 Å². The number of ether oxygens (including phenoxy) is 1. The number of nitrogens with zero attached hydrogens (tertiary/aromatic N) is 2. The van der Waals surface area contributed by atoms with E-state index in [1.165, 1.54) is 17.0 Å². The predicted octanol–water partition coefficient (Wildman–Crippen LogP) is 1.38. The zero-order valence-corrected chi connectivity index (χ0v) is 16.7. The maximum absolute atomic E-state index is 15.2. The molecule has 0 bridgehead atoms. The number of alkyl halides is 2. The third-order valence-electron chi connectivity index (χ3n) is 5.07. The summed E-state index contributed by atoms with van der Waals surface area (Å²) in [6.45, 7) is -1.55. The molecule has 2 aromatic rings. The highest BCUT2D eigenvalue weighted by Gasteiger charge is 2.43. The Kier molecular flexibility index (Phi) is 4.75. The molecule has 0 saturated carbocycles. The molecule has 4 rings (SSSR count). The first-order valence-electron chi connectivity index (χ1n) is 9.01. The summed E-state index contributed by atoms with van der Waals surface area (Å²) in [5.41, 5.74) is 1.81. The number of hydrogen-bond donors (Lipinski definition) is 2. The van der Waals surface area contributed by atoms with E-state index in [-0.39, 0.29) is 27.7 Å². The topological polar surface area (TPSA) is 106 Å². The van der Waals surface area contributed by atoms with Crippen LogP contribution in [-0.2, 0) is 10.5 Å². The van der Waals surface area contributed by atoms with Gasteiger partial charge in [-0.1, -0.05) is 11.8 Å². The first-order chi connectivity index (χ1) is 14.2. The Bertz CT molecular complexity index is 1120. The summed E-state index contributed by atoms with van der Waals surface area (Å²) in [7, 11) is 1.58. The number of primary amides is 1. The summed E-state index contributed by atoms with van der Waals surface area (Å²) in [6.07, 6.45) is 0.183. The molecule has 1 unspecified atom stereocenters. The molecule has 10 heteroatoms. The molecule has 7 nitrogen and oxygen atoms in total. The van der Waals surface area contributed by atoms with Crippen LogP contribution in [0.4, 0.5) is 8.78 Å². The van der Waals surface area contributed by atoms with Crippen molar-refractivity contribution in [1.82, 2.24) is 9.88 Å². The highest BCUT2D eigenvalue weighted by atomic mass is 32.1. The van der Waals surface area contributed by atoms with E-state index < -0.39 is 36.4 Å². The lowest BCUT2D eigenvalue weighted by Gasteiger charge is -2.18. The molecule has 2 aliphatic rings. The van der Waals surface area contributed by atoms with Crippen molar-refractivity contribution in [3.63, 3.8) is 0 Å². The van der Waals surface area contributed by atoms with Crippen molar-refractivity contribution >= 4 is 23.2 Å². The standard InChI is InChI=1S/C20H17F2N3O4S/c1-25-7-6-20(28,18(25)27)5-4-11-2-3-13-12(8-11)14-15(19(22,9-21)10-29-13)30-17(24-14)16(23)26/h2-3,8,28H,6-7,9-10H2,1H3,(H2,23,26)/t19?,20-/m0/s1. The highest BCUT2D eigenvalue weighted by molar-refractivity contribution is 7.14. The van der Waals surface area contributed by atoms with Gasteiger partial charge in [-0.25, -0.2) is 13.8 Å². The van der Waals surface area contributed by atoms with Crippen LogP contribution in [0.2, 0.25) is 0 Å². The molecule has 2 aliphatic heterocycles. The number of hydrogen-bond acceptors (Lipinski definition) is 6. The Balaban J connectivity index is 1.80. The van der Waals surface area contributed by atoms with Crippen LogP contribution in [0.25, 0.3) is 11.3 Å². The van der Waals surface area contributed by atoms with E-state index in [9.17, 15) is 19.1 Å². The molecule has 3 N–H and O–H groups in total. The monoisotopic (exact) mass is 433 g/mol. The molecule has 2 atom stereocenters. The normalized spacial score (nSPS) is 24.9. The van der Waals surface area contributed by atoms with E-state index in [1.807, 2.05) is 0 Å². The van der Waals surface area contributed by atoms with Gasteiger partial charge in [-0.05, 0) is 18.2 Å². The zero-order chi connectivity index (χ0) is 21.7. The number of amides is 2. The number of thiazole rings is 1. The summed E-state index contributed by atoms with van der Waals surface area (Å²) < 4.78 is 34.2. The van der Waals surface area contributed by atoms with E-state index in [1.54, 1.807) is 13.1 Å². The van der Waals surface area contributed by atoms with Crippen LogP contribution >= 0.6 is 11.3 Å². The lowest BCUT2D eigenvalue weighted by Crippen LogP contribution is -2.37. The van der Waals surface area contributed by atoms with Crippen molar-refractivity contribution in [2.45, 2.75) is 17.7 Å². The zero-order valence-electron chi connectivity index (χ0n) is 15.9. The van der Waals surface area contributed by atoms with Crippen LogP contribution in [0.5, 0.6) is 5.75 Å². The van der Waals surface area contributed by atoms with Gasteiger partial charge in [0.25, 0.3) is 11.8 Å². The molecule has 0 aliphatic carbocycles. The van der Waals surface area contributed by atoms with Crippen LogP contribution in [0, 0.1) is 11.8 Å². The minimum absolute atomic E-state index is 0.0560. The number of aromatic nitrogens is 1. The molecule has 2 amide bonds. The van der Waals surface area contributed by atoms with Crippen molar-refractivity contribution in [1.29, 1.82) is 0 Å². The molecular formula is C20H17F2N3O4S. The number of carbonyl (C=O) groups is 2. The summed E-state index contributed by atoms with van der Waals surface area (Å²) >= 11 is 0.685. The molecule has 1 fully saturated rings. The van der Waals surface area contributed by atoms with Crippen molar-refractivity contribution < 1.29 is 28.2 Å². The second kappa shape index (κ2) is 7.04. The number of likely N-dealkylation sites (N-methyl/N-ethyl adjacent to an activating group) is 1. The third-order valence-corrected chi connectivity index (χ3v) is 6.32. The van der Waals surface area contributed by atoms with Crippen LogP contribution in [0.15, 0.2) is 18.2 Å². The molecule has 1 saturated heterocycles. The second-order valence-electron chi connectivity index (χ2n) is 7.25. The molecule has 1 aromatic heterocycles. The molecule has 156 valence electrons. The Labute approximate surface area is 174 Å². The number of benzene rings is 1. The van der Waals surface area contributed by atoms with Gasteiger partial charge in [-0.15, -0.1) is 11.3 Å².